The van der Waals surface area contributed by atoms with Gasteiger partial charge in [-0.05, 0) is 19.1 Å². The molecule has 0 aromatic heterocycles. The number of nitrogens with one attached hydrogen (secondary N) is 1. The van der Waals surface area contributed by atoms with E-state index < -0.39 is 0 Å². The summed E-state index contributed by atoms with van der Waals surface area (Å²) in [6.07, 6.45) is -0.0493. The Bertz CT molecular complexity index is 250. The second-order valence-electron chi connectivity index (χ2n) is 2.57. The van der Waals surface area contributed by atoms with Gasteiger partial charge < -0.3 is 15.2 Å². The van der Waals surface area contributed by atoms with E-state index in [1.807, 2.05) is 13.0 Å². The van der Waals surface area contributed by atoms with Gasteiger partial charge in [-0.25, -0.2) is 0 Å². The maximum atomic E-state index is 9.12. The van der Waals surface area contributed by atoms with Gasteiger partial charge >= 0.3 is 0 Å². The molecule has 0 saturated carbocycles. The molecule has 0 aliphatic heterocycles. The molecule has 1 aromatic carbocycles. The quantitative estimate of drug-likeness (QED) is 0.674. The van der Waals surface area contributed by atoms with E-state index in [-0.39, 0.29) is 12.0 Å². The number of aromatic hydroxyl groups is 1. The fourth-order valence-electron chi connectivity index (χ4n) is 0.889. The van der Waals surface area contributed by atoms with Crippen molar-refractivity contribution in [3.63, 3.8) is 0 Å². The largest absolute Gasteiger partial charge is 0.508 e. The molecule has 66 valence electrons. The maximum Gasteiger partial charge on any atom is 0.124 e. The van der Waals surface area contributed by atoms with Crippen molar-refractivity contribution in [1.29, 1.82) is 0 Å². The lowest BCUT2D eigenvalue weighted by Crippen LogP contribution is -2.16. The van der Waals surface area contributed by atoms with E-state index in [2.05, 4.69) is 5.32 Å². The fourth-order valence-corrected chi connectivity index (χ4v) is 0.889. The van der Waals surface area contributed by atoms with Gasteiger partial charge in [-0.15, -0.1) is 0 Å². The van der Waals surface area contributed by atoms with Crippen LogP contribution in [-0.4, -0.2) is 18.4 Å². The van der Waals surface area contributed by atoms with E-state index in [9.17, 15) is 0 Å². The van der Waals surface area contributed by atoms with E-state index >= 15 is 0 Å². The van der Waals surface area contributed by atoms with Crippen molar-refractivity contribution in [1.82, 2.24) is 0 Å². The van der Waals surface area contributed by atoms with E-state index in [0.717, 1.165) is 5.69 Å². The second-order valence-corrected chi connectivity index (χ2v) is 2.57. The van der Waals surface area contributed by atoms with Gasteiger partial charge in [0, 0.05) is 18.9 Å². The molecule has 2 N–H and O–H groups in total. The number of rotatable bonds is 3. The van der Waals surface area contributed by atoms with E-state index in [1.54, 1.807) is 25.3 Å². The minimum absolute atomic E-state index is 0.0493. The van der Waals surface area contributed by atoms with Crippen LogP contribution in [0.25, 0.3) is 0 Å². The number of phenols is 1. The molecule has 3 heteroatoms. The summed E-state index contributed by atoms with van der Waals surface area (Å²) in [6.45, 7) is 1.89. The number of ether oxygens (including phenoxy) is 1. The Morgan fingerprint density at radius 3 is 2.83 bits per heavy atom. The Kier molecular flexibility index (Phi) is 2.94. The number of methoxy groups -OCH3 is 1. The van der Waals surface area contributed by atoms with E-state index in [0.29, 0.717) is 0 Å². The Hall–Kier alpha value is -1.22. The van der Waals surface area contributed by atoms with Crippen LogP contribution in [0.5, 0.6) is 5.75 Å². The molecule has 0 radical (unpaired) electrons. The lowest BCUT2D eigenvalue weighted by Gasteiger charge is -2.12. The van der Waals surface area contributed by atoms with Crippen molar-refractivity contribution in [2.45, 2.75) is 13.2 Å². The number of hydrogen-bond donors (Lipinski definition) is 2. The molecular weight excluding hydrogens is 154 g/mol. The van der Waals surface area contributed by atoms with Crippen LogP contribution in [0.1, 0.15) is 6.92 Å². The lowest BCUT2D eigenvalue weighted by molar-refractivity contribution is 0.141. The van der Waals surface area contributed by atoms with Crippen LogP contribution in [0.15, 0.2) is 24.3 Å². The Morgan fingerprint density at radius 2 is 2.25 bits per heavy atom. The van der Waals surface area contributed by atoms with Crippen molar-refractivity contribution in [2.24, 2.45) is 0 Å². The smallest absolute Gasteiger partial charge is 0.124 e. The molecule has 12 heavy (non-hydrogen) atoms. The van der Waals surface area contributed by atoms with Crippen LogP contribution in [-0.2, 0) is 4.74 Å². The lowest BCUT2D eigenvalue weighted by atomic mass is 10.3. The topological polar surface area (TPSA) is 41.5 Å². The first-order chi connectivity index (χ1) is 5.72. The van der Waals surface area contributed by atoms with E-state index in [4.69, 9.17) is 9.84 Å². The third-order valence-corrected chi connectivity index (χ3v) is 1.57. The molecule has 1 aromatic rings. The summed E-state index contributed by atoms with van der Waals surface area (Å²) < 4.78 is 5.00. The zero-order valence-electron chi connectivity index (χ0n) is 7.24. The van der Waals surface area contributed by atoms with Crippen molar-refractivity contribution in [2.75, 3.05) is 12.4 Å². The Balaban J connectivity index is 2.63. The molecule has 0 amide bonds. The first-order valence-corrected chi connectivity index (χ1v) is 3.80. The SMILES string of the molecule is COC(C)Nc1cccc(O)c1. The van der Waals surface area contributed by atoms with Gasteiger partial charge in [0.25, 0.3) is 0 Å². The molecule has 1 rings (SSSR count). The van der Waals surface area contributed by atoms with Gasteiger partial charge in [-0.2, -0.15) is 0 Å². The molecule has 1 atom stereocenters. The Morgan fingerprint density at radius 1 is 1.50 bits per heavy atom. The summed E-state index contributed by atoms with van der Waals surface area (Å²) in [5.41, 5.74) is 0.851. The van der Waals surface area contributed by atoms with Crippen LogP contribution < -0.4 is 5.32 Å². The molecule has 1 unspecified atom stereocenters. The van der Waals surface area contributed by atoms with Gasteiger partial charge in [0.05, 0.1) is 0 Å². The van der Waals surface area contributed by atoms with Crippen molar-refractivity contribution >= 4 is 5.69 Å². The highest BCUT2D eigenvalue weighted by atomic mass is 16.5. The number of hydrogen-bond acceptors (Lipinski definition) is 3. The molecule has 0 aliphatic carbocycles. The van der Waals surface area contributed by atoms with Crippen LogP contribution in [0.2, 0.25) is 0 Å². The summed E-state index contributed by atoms with van der Waals surface area (Å²) in [6, 6.07) is 6.92. The van der Waals surface area contributed by atoms with Gasteiger partial charge in [0.15, 0.2) is 0 Å². The van der Waals surface area contributed by atoms with Crippen LogP contribution in [0.4, 0.5) is 5.69 Å². The number of benzene rings is 1. The predicted octanol–water partition coefficient (Wildman–Crippen LogP) is 1.80. The van der Waals surface area contributed by atoms with Gasteiger partial charge in [0.2, 0.25) is 0 Å². The monoisotopic (exact) mass is 167 g/mol. The molecule has 0 spiro atoms. The molecule has 0 aliphatic rings. The number of anilines is 1. The average Bonchev–Trinajstić information content (AvgIpc) is 2.04. The van der Waals surface area contributed by atoms with Gasteiger partial charge in [-0.3, -0.25) is 0 Å². The minimum Gasteiger partial charge on any atom is -0.508 e. The molecule has 0 saturated heterocycles. The zero-order chi connectivity index (χ0) is 8.97. The molecule has 3 nitrogen and oxygen atoms in total. The first-order valence-electron chi connectivity index (χ1n) is 3.80. The summed E-state index contributed by atoms with van der Waals surface area (Å²) in [7, 11) is 1.63. The van der Waals surface area contributed by atoms with Crippen LogP contribution in [0, 0.1) is 0 Å². The average molecular weight is 167 g/mol. The highest BCUT2D eigenvalue weighted by Gasteiger charge is 1.98. The van der Waals surface area contributed by atoms with Crippen molar-refractivity contribution < 1.29 is 9.84 Å². The summed E-state index contributed by atoms with van der Waals surface area (Å²) in [5.74, 6) is 0.253. The summed E-state index contributed by atoms with van der Waals surface area (Å²) >= 11 is 0. The van der Waals surface area contributed by atoms with Crippen molar-refractivity contribution in [3.05, 3.63) is 24.3 Å². The molecular formula is C9H13NO2. The highest BCUT2D eigenvalue weighted by molar-refractivity contribution is 5.47. The van der Waals surface area contributed by atoms with E-state index in [1.165, 1.54) is 0 Å². The van der Waals surface area contributed by atoms with Crippen molar-refractivity contribution in [3.8, 4) is 5.75 Å². The number of phenolic OH excluding ortho intramolecular Hbond substituents is 1. The third-order valence-electron chi connectivity index (χ3n) is 1.57. The maximum absolute atomic E-state index is 9.12. The fraction of sp³-hybridized carbons (Fsp3) is 0.333. The minimum atomic E-state index is -0.0493. The zero-order valence-corrected chi connectivity index (χ0v) is 7.24. The second kappa shape index (κ2) is 3.97. The summed E-state index contributed by atoms with van der Waals surface area (Å²) in [5, 5.41) is 12.2. The van der Waals surface area contributed by atoms with Gasteiger partial charge in [0.1, 0.15) is 12.0 Å². The van der Waals surface area contributed by atoms with Gasteiger partial charge in [-0.1, -0.05) is 6.07 Å². The Labute approximate surface area is 72.0 Å². The summed E-state index contributed by atoms with van der Waals surface area (Å²) in [4.78, 5) is 0. The predicted molar refractivity (Wildman–Crippen MR) is 48.2 cm³/mol. The molecule has 0 bridgehead atoms. The highest BCUT2D eigenvalue weighted by Crippen LogP contribution is 2.15. The molecule has 0 heterocycles. The normalized spacial score (nSPS) is 12.5. The molecule has 0 fully saturated rings. The van der Waals surface area contributed by atoms with Crippen LogP contribution >= 0.6 is 0 Å². The van der Waals surface area contributed by atoms with Crippen LogP contribution in [0.3, 0.4) is 0 Å². The third kappa shape index (κ3) is 2.43. The standard InChI is InChI=1S/C9H13NO2/c1-7(12-2)10-8-4-3-5-9(11)6-8/h3-7,10-11H,1-2H3. The first kappa shape index (κ1) is 8.87.